The molecule has 0 bridgehead atoms. The van der Waals surface area contributed by atoms with Crippen LogP contribution in [0.5, 0.6) is 0 Å². The molecule has 1 amide bonds. The third-order valence-corrected chi connectivity index (χ3v) is 3.53. The summed E-state index contributed by atoms with van der Waals surface area (Å²) >= 11 is 0. The lowest BCUT2D eigenvalue weighted by molar-refractivity contribution is -0.137. The van der Waals surface area contributed by atoms with Gasteiger partial charge in [-0.05, 0) is 31.0 Å². The number of carbonyl (C=O) groups excluding carboxylic acids is 1. The first-order valence-corrected chi connectivity index (χ1v) is 6.65. The maximum absolute atomic E-state index is 12.9. The molecule has 1 aliphatic carbocycles. The molecule has 0 atom stereocenters. The molecule has 3 N–H and O–H groups in total. The van der Waals surface area contributed by atoms with Gasteiger partial charge in [0.05, 0.1) is 11.1 Å². The maximum atomic E-state index is 12.9. The van der Waals surface area contributed by atoms with E-state index in [4.69, 9.17) is 5.73 Å². The molecule has 1 aromatic carbocycles. The average Bonchev–Trinajstić information content (AvgIpc) is 2.38. The van der Waals surface area contributed by atoms with Crippen LogP contribution in [0.25, 0.3) is 0 Å². The number of alkyl halides is 3. The van der Waals surface area contributed by atoms with E-state index in [1.165, 1.54) is 6.07 Å². The highest BCUT2D eigenvalue weighted by Crippen LogP contribution is 2.33. The van der Waals surface area contributed by atoms with Gasteiger partial charge in [0.1, 0.15) is 0 Å². The van der Waals surface area contributed by atoms with Crippen LogP contribution in [0.2, 0.25) is 0 Å². The molecule has 6 heteroatoms. The number of hydrogen-bond acceptors (Lipinski definition) is 2. The highest BCUT2D eigenvalue weighted by Gasteiger charge is 2.35. The van der Waals surface area contributed by atoms with Crippen molar-refractivity contribution in [3.05, 3.63) is 29.3 Å². The maximum Gasteiger partial charge on any atom is 0.417 e. The van der Waals surface area contributed by atoms with Crippen LogP contribution in [0, 0.1) is 0 Å². The van der Waals surface area contributed by atoms with E-state index in [2.05, 4.69) is 5.32 Å². The summed E-state index contributed by atoms with van der Waals surface area (Å²) in [7, 11) is 0. The van der Waals surface area contributed by atoms with Crippen molar-refractivity contribution in [2.45, 2.75) is 44.3 Å². The topological polar surface area (TPSA) is 55.1 Å². The molecular weight excluding hydrogens is 269 g/mol. The first kappa shape index (κ1) is 14.7. The molecule has 20 heavy (non-hydrogen) atoms. The van der Waals surface area contributed by atoms with Crippen molar-refractivity contribution in [3.8, 4) is 0 Å². The molecule has 0 radical (unpaired) electrons. The van der Waals surface area contributed by atoms with Gasteiger partial charge in [0.15, 0.2) is 0 Å². The average molecular weight is 286 g/mol. The molecule has 0 unspecified atom stereocenters. The molecular formula is C14H17F3N2O. The van der Waals surface area contributed by atoms with Crippen LogP contribution < -0.4 is 11.1 Å². The highest BCUT2D eigenvalue weighted by atomic mass is 19.4. The normalized spacial score (nSPS) is 16.9. The van der Waals surface area contributed by atoms with Crippen molar-refractivity contribution >= 4 is 11.6 Å². The quantitative estimate of drug-likeness (QED) is 0.819. The predicted octanol–water partition coefficient (Wildman–Crippen LogP) is 3.35. The van der Waals surface area contributed by atoms with E-state index in [-0.39, 0.29) is 17.3 Å². The summed E-state index contributed by atoms with van der Waals surface area (Å²) in [5.74, 6) is -0.677. The molecule has 0 aromatic heterocycles. The Morgan fingerprint density at radius 1 is 1.20 bits per heavy atom. The second-order valence-corrected chi connectivity index (χ2v) is 5.11. The second kappa shape index (κ2) is 5.73. The summed E-state index contributed by atoms with van der Waals surface area (Å²) in [6.07, 6.45) is 0.165. The van der Waals surface area contributed by atoms with Gasteiger partial charge in [0.2, 0.25) is 0 Å². The van der Waals surface area contributed by atoms with Gasteiger partial charge in [-0.15, -0.1) is 0 Å². The predicted molar refractivity (Wildman–Crippen MR) is 70.2 cm³/mol. The summed E-state index contributed by atoms with van der Waals surface area (Å²) in [5, 5.41) is 2.69. The minimum absolute atomic E-state index is 0.00783. The molecule has 0 heterocycles. The monoisotopic (exact) mass is 286 g/mol. The van der Waals surface area contributed by atoms with Crippen molar-refractivity contribution in [2.24, 2.45) is 0 Å². The molecule has 1 fully saturated rings. The van der Waals surface area contributed by atoms with E-state index in [1.54, 1.807) is 0 Å². The number of anilines is 1. The molecule has 3 nitrogen and oxygen atoms in total. The van der Waals surface area contributed by atoms with Gasteiger partial charge >= 0.3 is 6.18 Å². The third-order valence-electron chi connectivity index (χ3n) is 3.53. The Hall–Kier alpha value is -1.72. The highest BCUT2D eigenvalue weighted by molar-refractivity contribution is 5.96. The Labute approximate surface area is 115 Å². The number of amides is 1. The van der Waals surface area contributed by atoms with E-state index < -0.39 is 17.6 Å². The summed E-state index contributed by atoms with van der Waals surface area (Å²) < 4.78 is 38.8. The van der Waals surface area contributed by atoms with E-state index in [0.29, 0.717) is 0 Å². The summed E-state index contributed by atoms with van der Waals surface area (Å²) in [6.45, 7) is 0. The second-order valence-electron chi connectivity index (χ2n) is 5.11. The van der Waals surface area contributed by atoms with E-state index >= 15 is 0 Å². The van der Waals surface area contributed by atoms with Crippen LogP contribution >= 0.6 is 0 Å². The van der Waals surface area contributed by atoms with Gasteiger partial charge in [-0.3, -0.25) is 4.79 Å². The van der Waals surface area contributed by atoms with E-state index in [1.807, 2.05) is 0 Å². The Kier molecular flexibility index (Phi) is 4.20. The lowest BCUT2D eigenvalue weighted by Crippen LogP contribution is -2.37. The Morgan fingerprint density at radius 3 is 2.45 bits per heavy atom. The zero-order valence-corrected chi connectivity index (χ0v) is 11.0. The SMILES string of the molecule is Nc1ccc(C(=O)NC2CCCCC2)c(C(F)(F)F)c1. The Bertz CT molecular complexity index is 494. The number of halogens is 3. The fraction of sp³-hybridized carbons (Fsp3) is 0.500. The van der Waals surface area contributed by atoms with Crippen LogP contribution in [0.15, 0.2) is 18.2 Å². The zero-order valence-electron chi connectivity index (χ0n) is 11.0. The smallest absolute Gasteiger partial charge is 0.399 e. The number of rotatable bonds is 2. The van der Waals surface area contributed by atoms with Crippen LogP contribution in [-0.4, -0.2) is 11.9 Å². The van der Waals surface area contributed by atoms with Gasteiger partial charge in [0, 0.05) is 11.7 Å². The van der Waals surface area contributed by atoms with Gasteiger partial charge in [0.25, 0.3) is 5.91 Å². The Morgan fingerprint density at radius 2 is 1.85 bits per heavy atom. The number of carbonyl (C=O) groups is 1. The summed E-state index contributed by atoms with van der Waals surface area (Å²) in [5.41, 5.74) is 4.02. The van der Waals surface area contributed by atoms with Gasteiger partial charge < -0.3 is 11.1 Å². The lowest BCUT2D eigenvalue weighted by Gasteiger charge is -2.23. The van der Waals surface area contributed by atoms with Crippen LogP contribution in [-0.2, 0) is 6.18 Å². The third kappa shape index (κ3) is 3.43. The molecule has 0 aliphatic heterocycles. The standard InChI is InChI=1S/C14H17F3N2O/c15-14(16,17)12-8-9(18)6-7-11(12)13(20)19-10-4-2-1-3-5-10/h6-8,10H,1-5,18H2,(H,19,20). The largest absolute Gasteiger partial charge is 0.417 e. The molecule has 1 aromatic rings. The van der Waals surface area contributed by atoms with Crippen molar-refractivity contribution in [1.82, 2.24) is 5.32 Å². The van der Waals surface area contributed by atoms with E-state index in [9.17, 15) is 18.0 Å². The summed E-state index contributed by atoms with van der Waals surface area (Å²) in [6, 6.07) is 3.21. The van der Waals surface area contributed by atoms with Crippen LogP contribution in [0.3, 0.4) is 0 Å². The number of nitrogen functional groups attached to an aromatic ring is 1. The Balaban J connectivity index is 2.20. The number of benzene rings is 1. The first-order valence-electron chi connectivity index (χ1n) is 6.65. The number of nitrogens with two attached hydrogens (primary N) is 1. The molecule has 1 saturated carbocycles. The molecule has 0 spiro atoms. The molecule has 1 aliphatic rings. The first-order chi connectivity index (χ1) is 9.38. The van der Waals surface area contributed by atoms with Crippen molar-refractivity contribution < 1.29 is 18.0 Å². The van der Waals surface area contributed by atoms with Gasteiger partial charge in [-0.2, -0.15) is 13.2 Å². The van der Waals surface area contributed by atoms with E-state index in [0.717, 1.165) is 44.2 Å². The molecule has 0 saturated heterocycles. The van der Waals surface area contributed by atoms with Crippen LogP contribution in [0.4, 0.5) is 18.9 Å². The lowest BCUT2D eigenvalue weighted by atomic mass is 9.95. The summed E-state index contributed by atoms with van der Waals surface area (Å²) in [4.78, 5) is 12.0. The molecule has 2 rings (SSSR count). The fourth-order valence-electron chi connectivity index (χ4n) is 2.50. The minimum atomic E-state index is -4.59. The van der Waals surface area contributed by atoms with Gasteiger partial charge in [-0.1, -0.05) is 19.3 Å². The minimum Gasteiger partial charge on any atom is -0.399 e. The van der Waals surface area contributed by atoms with Crippen molar-refractivity contribution in [2.75, 3.05) is 5.73 Å². The number of nitrogens with one attached hydrogen (secondary N) is 1. The number of hydrogen-bond donors (Lipinski definition) is 2. The van der Waals surface area contributed by atoms with Crippen molar-refractivity contribution in [3.63, 3.8) is 0 Å². The zero-order chi connectivity index (χ0) is 14.8. The fourth-order valence-corrected chi connectivity index (χ4v) is 2.50. The van der Waals surface area contributed by atoms with Crippen molar-refractivity contribution in [1.29, 1.82) is 0 Å². The van der Waals surface area contributed by atoms with Crippen LogP contribution in [0.1, 0.15) is 48.0 Å². The molecule has 110 valence electrons. The van der Waals surface area contributed by atoms with Gasteiger partial charge in [-0.25, -0.2) is 0 Å².